The third-order valence-corrected chi connectivity index (χ3v) is 2.34. The third kappa shape index (κ3) is 8.61. The van der Waals surface area contributed by atoms with Gasteiger partial charge in [0.15, 0.2) is 0 Å². The predicted molar refractivity (Wildman–Crippen MR) is 57.6 cm³/mol. The highest BCUT2D eigenvalue weighted by Gasteiger charge is 2.13. The fourth-order valence-electron chi connectivity index (χ4n) is 0.961. The summed E-state index contributed by atoms with van der Waals surface area (Å²) < 4.78 is 19.1. The van der Waals surface area contributed by atoms with E-state index in [1.807, 2.05) is 13.8 Å². The lowest BCUT2D eigenvalue weighted by Crippen LogP contribution is -2.08. The lowest BCUT2D eigenvalue weighted by Gasteiger charge is -2.05. The quantitative estimate of drug-likeness (QED) is 0.308. The summed E-state index contributed by atoms with van der Waals surface area (Å²) in [7, 11) is -4.47. The number of carbonyl (C=O) groups excluding carboxylic acids is 1. The number of rotatable bonds is 7. The highest BCUT2D eigenvalue weighted by atomic mass is 31.2. The van der Waals surface area contributed by atoms with Crippen LogP contribution in [0.15, 0.2) is 11.6 Å². The first kappa shape index (κ1) is 15.3. The molecule has 0 aliphatic heterocycles. The van der Waals surface area contributed by atoms with Gasteiger partial charge in [0.2, 0.25) is 0 Å². The lowest BCUT2D eigenvalue weighted by atomic mass is 10.1. The number of ether oxygens (including phenoxy) is 1. The topological polar surface area (TPSA) is 93.1 Å². The van der Waals surface area contributed by atoms with Gasteiger partial charge < -0.3 is 14.5 Å². The fraction of sp³-hybridized carbons (Fsp3) is 0.667. The van der Waals surface area contributed by atoms with Crippen molar-refractivity contribution >= 4 is 13.8 Å². The zero-order valence-corrected chi connectivity index (χ0v) is 10.3. The van der Waals surface area contributed by atoms with Crippen LogP contribution in [-0.4, -0.2) is 29.0 Å². The maximum atomic E-state index is 11.1. The molecular weight excluding hydrogens is 235 g/mol. The molecule has 0 atom stereocenters. The van der Waals surface area contributed by atoms with Gasteiger partial charge in [-0.05, 0) is 12.8 Å². The van der Waals surface area contributed by atoms with Gasteiger partial charge in [0.25, 0.3) is 0 Å². The van der Waals surface area contributed by atoms with Crippen molar-refractivity contribution in [2.24, 2.45) is 0 Å². The van der Waals surface area contributed by atoms with Gasteiger partial charge in [-0.2, -0.15) is 0 Å². The maximum Gasteiger partial charge on any atom is 0.469 e. The summed E-state index contributed by atoms with van der Waals surface area (Å²) in [5, 5.41) is 0. The molecule has 0 aromatic rings. The van der Waals surface area contributed by atoms with E-state index in [0.717, 1.165) is 18.4 Å². The van der Waals surface area contributed by atoms with Gasteiger partial charge in [0, 0.05) is 6.08 Å². The summed E-state index contributed by atoms with van der Waals surface area (Å²) >= 11 is 0. The van der Waals surface area contributed by atoms with E-state index >= 15 is 0 Å². The lowest BCUT2D eigenvalue weighted by molar-refractivity contribution is -0.138. The Morgan fingerprint density at radius 2 is 1.81 bits per heavy atom. The van der Waals surface area contributed by atoms with E-state index in [1.165, 1.54) is 6.08 Å². The number of esters is 1. The van der Waals surface area contributed by atoms with Crippen molar-refractivity contribution in [2.75, 3.05) is 13.2 Å². The molecule has 0 amide bonds. The molecule has 16 heavy (non-hydrogen) atoms. The van der Waals surface area contributed by atoms with E-state index in [-0.39, 0.29) is 13.2 Å². The molecule has 0 unspecified atom stereocenters. The fourth-order valence-corrected chi connectivity index (χ4v) is 1.27. The molecular formula is C9H17O6P. The Morgan fingerprint density at radius 3 is 2.25 bits per heavy atom. The molecule has 7 heteroatoms. The highest BCUT2D eigenvalue weighted by Crippen LogP contribution is 2.35. The summed E-state index contributed by atoms with van der Waals surface area (Å²) in [5.74, 6) is -0.520. The van der Waals surface area contributed by atoms with Crippen LogP contribution < -0.4 is 0 Å². The Labute approximate surface area is 94.5 Å². The van der Waals surface area contributed by atoms with Crippen molar-refractivity contribution in [3.63, 3.8) is 0 Å². The monoisotopic (exact) mass is 252 g/mol. The van der Waals surface area contributed by atoms with Crippen molar-refractivity contribution < 1.29 is 28.4 Å². The van der Waals surface area contributed by atoms with Gasteiger partial charge in [0.1, 0.15) is 6.61 Å². The molecule has 0 aliphatic rings. The van der Waals surface area contributed by atoms with Crippen molar-refractivity contribution in [3.05, 3.63) is 11.6 Å². The molecule has 0 saturated heterocycles. The van der Waals surface area contributed by atoms with E-state index in [1.54, 1.807) is 0 Å². The molecule has 0 spiro atoms. The summed E-state index contributed by atoms with van der Waals surface area (Å²) in [6.07, 6.45) is 2.92. The van der Waals surface area contributed by atoms with E-state index in [2.05, 4.69) is 9.26 Å². The molecule has 94 valence electrons. The summed E-state index contributed by atoms with van der Waals surface area (Å²) in [5.41, 5.74) is 0.959. The Hall–Kier alpha value is -0.680. The number of phosphoric ester groups is 1. The molecule has 0 bridgehead atoms. The van der Waals surface area contributed by atoms with E-state index in [9.17, 15) is 9.36 Å². The average molecular weight is 252 g/mol. The van der Waals surface area contributed by atoms with Crippen LogP contribution in [0.3, 0.4) is 0 Å². The van der Waals surface area contributed by atoms with E-state index in [4.69, 9.17) is 9.79 Å². The van der Waals surface area contributed by atoms with Crippen LogP contribution >= 0.6 is 7.82 Å². The van der Waals surface area contributed by atoms with Crippen LogP contribution in [0.2, 0.25) is 0 Å². The van der Waals surface area contributed by atoms with Crippen LogP contribution in [0.5, 0.6) is 0 Å². The first-order valence-corrected chi connectivity index (χ1v) is 6.48. The minimum absolute atomic E-state index is 0.179. The standard InChI is InChI=1S/C9H17O6P/c1-3-8(4-2)7-9(10)14-5-6-15-16(11,12)13/h7H,3-6H2,1-2H3,(H2,11,12,13). The van der Waals surface area contributed by atoms with Gasteiger partial charge in [-0.25, -0.2) is 9.36 Å². The number of hydrogen-bond donors (Lipinski definition) is 2. The van der Waals surface area contributed by atoms with Crippen LogP contribution in [0, 0.1) is 0 Å². The largest absolute Gasteiger partial charge is 0.469 e. The molecule has 0 aromatic heterocycles. The first-order chi connectivity index (χ1) is 7.39. The van der Waals surface area contributed by atoms with E-state index < -0.39 is 13.8 Å². The smallest absolute Gasteiger partial charge is 0.460 e. The van der Waals surface area contributed by atoms with Crippen LogP contribution in [0.4, 0.5) is 0 Å². The highest BCUT2D eigenvalue weighted by molar-refractivity contribution is 7.46. The number of hydrogen-bond acceptors (Lipinski definition) is 4. The zero-order valence-electron chi connectivity index (χ0n) is 9.38. The Morgan fingerprint density at radius 1 is 1.25 bits per heavy atom. The SMILES string of the molecule is CCC(=CC(=O)OCCOP(=O)(O)O)CC. The average Bonchev–Trinajstić information content (AvgIpc) is 2.19. The van der Waals surface area contributed by atoms with Crippen molar-refractivity contribution in [3.8, 4) is 0 Å². The zero-order chi connectivity index (χ0) is 12.6. The Balaban J connectivity index is 3.82. The second-order valence-corrected chi connectivity index (χ2v) is 4.24. The number of carbonyl (C=O) groups is 1. The minimum Gasteiger partial charge on any atom is -0.460 e. The van der Waals surface area contributed by atoms with Gasteiger partial charge in [-0.15, -0.1) is 0 Å². The first-order valence-electron chi connectivity index (χ1n) is 4.95. The molecule has 0 aliphatic carbocycles. The molecule has 2 N–H and O–H groups in total. The predicted octanol–water partition coefficient (Wildman–Crippen LogP) is 1.39. The van der Waals surface area contributed by atoms with Gasteiger partial charge in [0.05, 0.1) is 6.61 Å². The maximum absolute atomic E-state index is 11.1. The van der Waals surface area contributed by atoms with Crippen molar-refractivity contribution in [2.45, 2.75) is 26.7 Å². The summed E-state index contributed by atoms with van der Waals surface area (Å²) in [4.78, 5) is 27.8. The summed E-state index contributed by atoms with van der Waals surface area (Å²) in [6, 6.07) is 0. The third-order valence-electron chi connectivity index (χ3n) is 1.82. The Bertz CT molecular complexity index is 286. The molecule has 0 radical (unpaired) electrons. The second kappa shape index (κ2) is 7.57. The molecule has 0 heterocycles. The van der Waals surface area contributed by atoms with Crippen LogP contribution in [-0.2, 0) is 18.6 Å². The van der Waals surface area contributed by atoms with Gasteiger partial charge >= 0.3 is 13.8 Å². The minimum atomic E-state index is -4.47. The van der Waals surface area contributed by atoms with E-state index in [0.29, 0.717) is 0 Å². The molecule has 0 rings (SSSR count). The van der Waals surface area contributed by atoms with Crippen LogP contribution in [0.25, 0.3) is 0 Å². The second-order valence-electron chi connectivity index (χ2n) is 3.00. The van der Waals surface area contributed by atoms with Crippen LogP contribution in [0.1, 0.15) is 26.7 Å². The summed E-state index contributed by atoms with van der Waals surface area (Å²) in [6.45, 7) is 3.36. The number of allylic oxidation sites excluding steroid dienone is 1. The Kier molecular flexibility index (Phi) is 7.25. The molecule has 0 fully saturated rings. The normalized spacial score (nSPS) is 11.0. The molecule has 0 aromatic carbocycles. The molecule has 6 nitrogen and oxygen atoms in total. The van der Waals surface area contributed by atoms with Gasteiger partial charge in [-0.1, -0.05) is 19.4 Å². The van der Waals surface area contributed by atoms with Gasteiger partial charge in [-0.3, -0.25) is 4.52 Å². The molecule has 0 saturated carbocycles. The van der Waals surface area contributed by atoms with Crippen molar-refractivity contribution in [1.29, 1.82) is 0 Å². The van der Waals surface area contributed by atoms with Crippen molar-refractivity contribution in [1.82, 2.24) is 0 Å². The number of phosphoric acid groups is 1.